The van der Waals surface area contributed by atoms with Gasteiger partial charge in [-0.1, -0.05) is 19.4 Å². The van der Waals surface area contributed by atoms with E-state index in [1.807, 2.05) is 12.1 Å². The third-order valence-electron chi connectivity index (χ3n) is 4.90. The molecule has 140 valence electrons. The Morgan fingerprint density at radius 1 is 1.46 bits per heavy atom. The second kappa shape index (κ2) is 7.86. The maximum Gasteiger partial charge on any atom is 0.270 e. The minimum atomic E-state index is -0.293. The first kappa shape index (κ1) is 18.4. The molecule has 2 N–H and O–H groups in total. The number of ether oxygens (including phenoxy) is 1. The van der Waals surface area contributed by atoms with Crippen molar-refractivity contribution in [2.24, 2.45) is 13.0 Å². The largest absolute Gasteiger partial charge is 0.481 e. The van der Waals surface area contributed by atoms with Gasteiger partial charge in [-0.25, -0.2) is 4.98 Å². The molecule has 0 saturated heterocycles. The van der Waals surface area contributed by atoms with Crippen LogP contribution < -0.4 is 10.1 Å². The zero-order chi connectivity index (χ0) is 18.7. The Kier molecular flexibility index (Phi) is 5.56. The molecule has 0 bridgehead atoms. The molecular weight excluding hydrogens is 332 g/mol. The molecule has 1 amide bonds. The summed E-state index contributed by atoms with van der Waals surface area (Å²) in [6.45, 7) is 2.09. The molecule has 0 spiro atoms. The number of hydrogen-bond acceptors (Lipinski definition) is 5. The summed E-state index contributed by atoms with van der Waals surface area (Å²) in [7, 11) is 3.35. The van der Waals surface area contributed by atoms with Crippen LogP contribution in [-0.2, 0) is 13.5 Å². The molecule has 0 unspecified atom stereocenters. The summed E-state index contributed by atoms with van der Waals surface area (Å²) in [5.74, 6) is 0.556. The van der Waals surface area contributed by atoms with Gasteiger partial charge in [0.1, 0.15) is 5.69 Å². The Labute approximate surface area is 153 Å². The molecule has 0 aromatic carbocycles. The van der Waals surface area contributed by atoms with E-state index in [1.165, 1.54) is 0 Å². The van der Waals surface area contributed by atoms with Gasteiger partial charge in [-0.05, 0) is 36.8 Å². The van der Waals surface area contributed by atoms with Crippen molar-refractivity contribution in [2.45, 2.75) is 44.8 Å². The summed E-state index contributed by atoms with van der Waals surface area (Å²) >= 11 is 0. The van der Waals surface area contributed by atoms with Crippen LogP contribution in [0, 0.1) is 5.92 Å². The number of amides is 1. The number of hydrogen-bond donors (Lipinski definition) is 2. The van der Waals surface area contributed by atoms with E-state index in [2.05, 4.69) is 22.3 Å². The van der Waals surface area contributed by atoms with Crippen molar-refractivity contribution in [1.82, 2.24) is 20.1 Å². The van der Waals surface area contributed by atoms with E-state index >= 15 is 0 Å². The van der Waals surface area contributed by atoms with Gasteiger partial charge in [0.15, 0.2) is 0 Å². The molecule has 1 fully saturated rings. The van der Waals surface area contributed by atoms with Crippen LogP contribution in [0.25, 0.3) is 0 Å². The number of aromatic nitrogens is 3. The topological polar surface area (TPSA) is 89.3 Å². The summed E-state index contributed by atoms with van der Waals surface area (Å²) in [6, 6.07) is 5.34. The van der Waals surface area contributed by atoms with Gasteiger partial charge in [0.05, 0.1) is 24.9 Å². The average molecular weight is 358 g/mol. The Morgan fingerprint density at radius 3 is 2.81 bits per heavy atom. The van der Waals surface area contributed by atoms with Crippen LogP contribution in [0.1, 0.15) is 54.0 Å². The molecule has 1 aliphatic rings. The lowest BCUT2D eigenvalue weighted by Gasteiger charge is -2.38. The van der Waals surface area contributed by atoms with E-state index in [1.54, 1.807) is 31.1 Å². The monoisotopic (exact) mass is 358 g/mol. The highest BCUT2D eigenvalue weighted by Crippen LogP contribution is 2.38. The van der Waals surface area contributed by atoms with E-state index in [0.717, 1.165) is 24.1 Å². The van der Waals surface area contributed by atoms with Crippen LogP contribution >= 0.6 is 0 Å². The lowest BCUT2D eigenvalue weighted by molar-refractivity contribution is 0.0233. The summed E-state index contributed by atoms with van der Waals surface area (Å²) in [5, 5.41) is 17.2. The fourth-order valence-corrected chi connectivity index (χ4v) is 3.40. The molecule has 1 atom stereocenters. The summed E-state index contributed by atoms with van der Waals surface area (Å²) in [6.07, 6.45) is 4.60. The van der Waals surface area contributed by atoms with Crippen molar-refractivity contribution in [3.63, 3.8) is 0 Å². The fraction of sp³-hybridized carbons (Fsp3) is 0.526. The highest BCUT2D eigenvalue weighted by atomic mass is 16.5. The number of nitrogens with one attached hydrogen (secondary N) is 1. The van der Waals surface area contributed by atoms with Crippen LogP contribution in [0.5, 0.6) is 5.88 Å². The van der Waals surface area contributed by atoms with Crippen LogP contribution in [0.3, 0.4) is 0 Å². The molecule has 0 aliphatic heterocycles. The average Bonchev–Trinajstić information content (AvgIpc) is 2.98. The zero-order valence-electron chi connectivity index (χ0n) is 15.5. The maximum atomic E-state index is 12.8. The highest BCUT2D eigenvalue weighted by molar-refractivity contribution is 5.93. The summed E-state index contributed by atoms with van der Waals surface area (Å²) < 4.78 is 6.73. The SMILES string of the molecule is CCCc1cc(C(=O)N[C@@H](c2ccc(OC)nc2)C2CC(O)C2)n(C)n1. The van der Waals surface area contributed by atoms with Crippen LogP contribution in [-0.4, -0.2) is 39.0 Å². The molecule has 1 saturated carbocycles. The van der Waals surface area contributed by atoms with Gasteiger partial charge in [0.25, 0.3) is 5.91 Å². The number of aliphatic hydroxyl groups is 1. The number of carbonyl (C=O) groups is 1. The Balaban J connectivity index is 1.79. The molecule has 3 rings (SSSR count). The summed E-state index contributed by atoms with van der Waals surface area (Å²) in [4.78, 5) is 17.1. The molecule has 2 heterocycles. The zero-order valence-corrected chi connectivity index (χ0v) is 15.5. The first-order chi connectivity index (χ1) is 12.5. The van der Waals surface area contributed by atoms with Gasteiger partial charge in [-0.3, -0.25) is 9.48 Å². The standard InChI is InChI=1S/C19H26N4O3/c1-4-5-14-10-16(23(2)22-14)19(25)21-18(13-8-15(24)9-13)12-6-7-17(26-3)20-11-12/h6-7,10-11,13,15,18,24H,4-5,8-9H2,1-3H3,(H,21,25)/t13?,15?,18-/m0/s1. The minimum Gasteiger partial charge on any atom is -0.481 e. The van der Waals surface area contributed by atoms with Crippen LogP contribution in [0.2, 0.25) is 0 Å². The van der Waals surface area contributed by atoms with Crippen molar-refractivity contribution in [1.29, 1.82) is 0 Å². The fourth-order valence-electron chi connectivity index (χ4n) is 3.40. The third kappa shape index (κ3) is 3.88. The molecule has 2 aromatic heterocycles. The van der Waals surface area contributed by atoms with Gasteiger partial charge in [0.2, 0.25) is 5.88 Å². The number of pyridine rings is 1. The van der Waals surface area contributed by atoms with E-state index in [0.29, 0.717) is 24.4 Å². The van der Waals surface area contributed by atoms with E-state index in [9.17, 15) is 9.90 Å². The van der Waals surface area contributed by atoms with Crippen LogP contribution in [0.4, 0.5) is 0 Å². The quantitative estimate of drug-likeness (QED) is 0.790. The second-order valence-electron chi connectivity index (χ2n) is 6.86. The van der Waals surface area contributed by atoms with Crippen molar-refractivity contribution in [2.75, 3.05) is 7.11 Å². The lowest BCUT2D eigenvalue weighted by Crippen LogP contribution is -2.41. The van der Waals surface area contributed by atoms with E-state index < -0.39 is 0 Å². The molecule has 7 nitrogen and oxygen atoms in total. The normalized spacial score (nSPS) is 20.3. The van der Waals surface area contributed by atoms with Crippen molar-refractivity contribution < 1.29 is 14.6 Å². The maximum absolute atomic E-state index is 12.8. The number of carbonyl (C=O) groups excluding carboxylic acids is 1. The first-order valence-electron chi connectivity index (χ1n) is 9.03. The molecular formula is C19H26N4O3. The van der Waals surface area contributed by atoms with E-state index in [4.69, 9.17) is 4.74 Å². The predicted molar refractivity (Wildman–Crippen MR) is 96.9 cm³/mol. The lowest BCUT2D eigenvalue weighted by atomic mass is 9.75. The second-order valence-corrected chi connectivity index (χ2v) is 6.86. The smallest absolute Gasteiger partial charge is 0.270 e. The molecule has 1 aliphatic carbocycles. The number of methoxy groups -OCH3 is 1. The summed E-state index contributed by atoms with van der Waals surface area (Å²) in [5.41, 5.74) is 2.37. The number of aliphatic hydroxyl groups excluding tert-OH is 1. The first-order valence-corrected chi connectivity index (χ1v) is 9.03. The van der Waals surface area contributed by atoms with Gasteiger partial charge in [-0.2, -0.15) is 5.10 Å². The van der Waals surface area contributed by atoms with Crippen molar-refractivity contribution in [3.05, 3.63) is 41.3 Å². The molecule has 0 radical (unpaired) electrons. The van der Waals surface area contributed by atoms with Crippen molar-refractivity contribution in [3.8, 4) is 5.88 Å². The van der Waals surface area contributed by atoms with Gasteiger partial charge in [-0.15, -0.1) is 0 Å². The van der Waals surface area contributed by atoms with Gasteiger partial charge < -0.3 is 15.2 Å². The Morgan fingerprint density at radius 2 is 2.23 bits per heavy atom. The van der Waals surface area contributed by atoms with Gasteiger partial charge >= 0.3 is 0 Å². The predicted octanol–water partition coefficient (Wildman–Crippen LogP) is 2.02. The van der Waals surface area contributed by atoms with Crippen molar-refractivity contribution >= 4 is 5.91 Å². The number of rotatable bonds is 7. The molecule has 7 heteroatoms. The van der Waals surface area contributed by atoms with Crippen LogP contribution in [0.15, 0.2) is 24.4 Å². The minimum absolute atomic E-state index is 0.162. The molecule has 26 heavy (non-hydrogen) atoms. The molecule has 2 aromatic rings. The van der Waals surface area contributed by atoms with Gasteiger partial charge in [0, 0.05) is 19.3 Å². The number of aryl methyl sites for hydroxylation is 2. The number of nitrogens with zero attached hydrogens (tertiary/aromatic N) is 3. The Bertz CT molecular complexity index is 751. The third-order valence-corrected chi connectivity index (χ3v) is 4.90. The Hall–Kier alpha value is -2.41. The highest BCUT2D eigenvalue weighted by Gasteiger charge is 2.36. The van der Waals surface area contributed by atoms with E-state index in [-0.39, 0.29) is 24.0 Å².